The number of anilines is 1. The molecule has 7 heteroatoms. The number of nitrogens with one attached hydrogen (secondary N) is 3. The minimum Gasteiger partial charge on any atom is -0.493 e. The van der Waals surface area contributed by atoms with Gasteiger partial charge in [-0.1, -0.05) is 39.0 Å². The molecule has 6 nitrogen and oxygen atoms in total. The molecule has 2 aromatic rings. The van der Waals surface area contributed by atoms with E-state index in [9.17, 15) is 9.59 Å². The minimum atomic E-state index is -0.616. The minimum absolute atomic E-state index is 0.0953. The first kappa shape index (κ1) is 27.3. The zero-order valence-electron chi connectivity index (χ0n) is 21.1. The quantitative estimate of drug-likeness (QED) is 0.306. The molecule has 184 valence electrons. The standard InChI is InChI=1S/C27H37N3O3S/c1-7-20(4)28-24(31)21-10-8-11-22(17-21)29-26(34)30-25(32)27(5,6)14-9-15-33-23-16-18(2)12-13-19(23)3/h8,10-13,16-17,20H,7,9,14-15H2,1-6H3,(H,28,31)(H2,29,30,32,34). The van der Waals surface area contributed by atoms with Crippen LogP contribution in [0.2, 0.25) is 0 Å². The van der Waals surface area contributed by atoms with Crippen molar-refractivity contribution in [1.29, 1.82) is 0 Å². The van der Waals surface area contributed by atoms with Crippen LogP contribution in [0.1, 0.15) is 68.4 Å². The van der Waals surface area contributed by atoms with E-state index in [4.69, 9.17) is 17.0 Å². The highest BCUT2D eigenvalue weighted by molar-refractivity contribution is 7.80. The van der Waals surface area contributed by atoms with Crippen molar-refractivity contribution in [2.24, 2.45) is 5.41 Å². The molecule has 0 radical (unpaired) electrons. The van der Waals surface area contributed by atoms with Gasteiger partial charge in [-0.15, -0.1) is 0 Å². The maximum absolute atomic E-state index is 12.8. The molecule has 1 unspecified atom stereocenters. The van der Waals surface area contributed by atoms with Gasteiger partial charge in [0.1, 0.15) is 5.75 Å². The van der Waals surface area contributed by atoms with Crippen LogP contribution in [0, 0.1) is 19.3 Å². The summed E-state index contributed by atoms with van der Waals surface area (Å²) in [6.07, 6.45) is 2.24. The molecule has 0 saturated heterocycles. The van der Waals surface area contributed by atoms with E-state index in [1.807, 2.05) is 53.7 Å². The van der Waals surface area contributed by atoms with Crippen molar-refractivity contribution in [1.82, 2.24) is 10.6 Å². The van der Waals surface area contributed by atoms with Gasteiger partial charge in [-0.2, -0.15) is 0 Å². The Balaban J connectivity index is 1.84. The van der Waals surface area contributed by atoms with Crippen LogP contribution in [-0.4, -0.2) is 29.6 Å². The lowest BCUT2D eigenvalue weighted by Crippen LogP contribution is -2.42. The summed E-state index contributed by atoms with van der Waals surface area (Å²) >= 11 is 5.34. The Hall–Kier alpha value is -2.93. The first-order valence-electron chi connectivity index (χ1n) is 11.7. The lowest BCUT2D eigenvalue weighted by Gasteiger charge is -2.24. The number of hydrogen-bond donors (Lipinski definition) is 3. The topological polar surface area (TPSA) is 79.5 Å². The Morgan fingerprint density at radius 1 is 1.12 bits per heavy atom. The molecule has 3 N–H and O–H groups in total. The molecule has 0 saturated carbocycles. The molecule has 34 heavy (non-hydrogen) atoms. The molecule has 0 bridgehead atoms. The van der Waals surface area contributed by atoms with E-state index in [1.54, 1.807) is 24.3 Å². The number of ether oxygens (including phenoxy) is 1. The first-order chi connectivity index (χ1) is 16.0. The Labute approximate surface area is 208 Å². The average molecular weight is 484 g/mol. The summed E-state index contributed by atoms with van der Waals surface area (Å²) < 4.78 is 5.91. The van der Waals surface area contributed by atoms with Crippen molar-refractivity contribution in [2.75, 3.05) is 11.9 Å². The Morgan fingerprint density at radius 2 is 1.85 bits per heavy atom. The molecular weight excluding hydrogens is 446 g/mol. The second-order valence-corrected chi connectivity index (χ2v) is 9.78. The van der Waals surface area contributed by atoms with E-state index in [0.717, 1.165) is 29.7 Å². The summed E-state index contributed by atoms with van der Waals surface area (Å²) in [7, 11) is 0. The fourth-order valence-corrected chi connectivity index (χ4v) is 3.47. The van der Waals surface area contributed by atoms with Crippen LogP contribution in [-0.2, 0) is 4.79 Å². The Morgan fingerprint density at radius 3 is 2.56 bits per heavy atom. The van der Waals surface area contributed by atoms with Crippen LogP contribution < -0.4 is 20.7 Å². The van der Waals surface area contributed by atoms with Crippen LogP contribution in [0.5, 0.6) is 5.75 Å². The van der Waals surface area contributed by atoms with Gasteiger partial charge in [0.05, 0.1) is 6.61 Å². The number of aryl methyl sites for hydroxylation is 2. The third kappa shape index (κ3) is 8.45. The van der Waals surface area contributed by atoms with Gasteiger partial charge in [0.2, 0.25) is 5.91 Å². The average Bonchev–Trinajstić information content (AvgIpc) is 2.78. The van der Waals surface area contributed by atoms with Crippen LogP contribution in [0.4, 0.5) is 5.69 Å². The number of thiocarbonyl (C=S) groups is 1. The summed E-state index contributed by atoms with van der Waals surface area (Å²) in [6, 6.07) is 13.3. The van der Waals surface area contributed by atoms with Crippen molar-refractivity contribution < 1.29 is 14.3 Å². The first-order valence-corrected chi connectivity index (χ1v) is 12.2. The highest BCUT2D eigenvalue weighted by Crippen LogP contribution is 2.24. The molecule has 2 rings (SSSR count). The molecule has 0 aliphatic rings. The van der Waals surface area contributed by atoms with Crippen LogP contribution in [0.15, 0.2) is 42.5 Å². The lowest BCUT2D eigenvalue weighted by molar-refractivity contribution is -0.128. The van der Waals surface area contributed by atoms with Crippen molar-refractivity contribution in [3.8, 4) is 5.75 Å². The summed E-state index contributed by atoms with van der Waals surface area (Å²) in [5, 5.41) is 8.91. The van der Waals surface area contributed by atoms with Gasteiger partial charge in [0, 0.05) is 22.7 Å². The highest BCUT2D eigenvalue weighted by atomic mass is 32.1. The summed E-state index contributed by atoms with van der Waals surface area (Å²) in [6.45, 7) is 12.4. The molecular formula is C27H37N3O3S. The molecule has 0 heterocycles. The maximum Gasteiger partial charge on any atom is 0.251 e. The fraction of sp³-hybridized carbons (Fsp3) is 0.444. The molecule has 0 aliphatic heterocycles. The number of hydrogen-bond acceptors (Lipinski definition) is 4. The molecule has 2 aromatic carbocycles. The predicted molar refractivity (Wildman–Crippen MR) is 142 cm³/mol. The second-order valence-electron chi connectivity index (χ2n) is 9.38. The number of carbonyl (C=O) groups excluding carboxylic acids is 2. The van der Waals surface area contributed by atoms with Crippen molar-refractivity contribution >= 4 is 34.8 Å². The molecule has 1 atom stereocenters. The number of amides is 2. The monoisotopic (exact) mass is 483 g/mol. The van der Waals surface area contributed by atoms with Gasteiger partial charge in [-0.3, -0.25) is 9.59 Å². The van der Waals surface area contributed by atoms with E-state index in [0.29, 0.717) is 24.3 Å². The van der Waals surface area contributed by atoms with Crippen LogP contribution in [0.3, 0.4) is 0 Å². The van der Waals surface area contributed by atoms with Gasteiger partial charge in [-0.05, 0) is 87.6 Å². The zero-order chi connectivity index (χ0) is 25.3. The summed E-state index contributed by atoms with van der Waals surface area (Å²) in [5.74, 6) is 0.576. The Bertz CT molecular complexity index is 1020. The molecule has 0 fully saturated rings. The number of benzene rings is 2. The van der Waals surface area contributed by atoms with Crippen LogP contribution in [0.25, 0.3) is 0 Å². The summed E-state index contributed by atoms with van der Waals surface area (Å²) in [5.41, 5.74) is 2.81. The van der Waals surface area contributed by atoms with E-state index < -0.39 is 5.41 Å². The van der Waals surface area contributed by atoms with Gasteiger partial charge in [0.15, 0.2) is 5.11 Å². The van der Waals surface area contributed by atoms with Gasteiger partial charge in [0.25, 0.3) is 5.91 Å². The predicted octanol–water partition coefficient (Wildman–Crippen LogP) is 5.53. The van der Waals surface area contributed by atoms with Crippen molar-refractivity contribution in [2.45, 2.75) is 66.8 Å². The van der Waals surface area contributed by atoms with E-state index in [-0.39, 0.29) is 23.0 Å². The summed E-state index contributed by atoms with van der Waals surface area (Å²) in [4.78, 5) is 25.2. The second kappa shape index (κ2) is 12.5. The third-order valence-corrected chi connectivity index (χ3v) is 5.97. The maximum atomic E-state index is 12.8. The third-order valence-electron chi connectivity index (χ3n) is 5.76. The Kier molecular flexibility index (Phi) is 10.1. The normalized spacial score (nSPS) is 11.9. The molecule has 2 amide bonds. The van der Waals surface area contributed by atoms with E-state index >= 15 is 0 Å². The fourth-order valence-electron chi connectivity index (χ4n) is 3.25. The van der Waals surface area contributed by atoms with Gasteiger partial charge >= 0.3 is 0 Å². The van der Waals surface area contributed by atoms with E-state index in [1.165, 1.54) is 0 Å². The van der Waals surface area contributed by atoms with Gasteiger partial charge < -0.3 is 20.7 Å². The molecule has 0 aliphatic carbocycles. The largest absolute Gasteiger partial charge is 0.493 e. The van der Waals surface area contributed by atoms with Crippen LogP contribution >= 0.6 is 12.2 Å². The zero-order valence-corrected chi connectivity index (χ0v) is 21.9. The number of rotatable bonds is 10. The number of carbonyl (C=O) groups is 2. The van der Waals surface area contributed by atoms with Gasteiger partial charge in [-0.25, -0.2) is 0 Å². The van der Waals surface area contributed by atoms with Crippen molar-refractivity contribution in [3.05, 3.63) is 59.2 Å². The smallest absolute Gasteiger partial charge is 0.251 e. The highest BCUT2D eigenvalue weighted by Gasteiger charge is 2.28. The lowest BCUT2D eigenvalue weighted by atomic mass is 9.87. The molecule has 0 spiro atoms. The van der Waals surface area contributed by atoms with Crippen molar-refractivity contribution in [3.63, 3.8) is 0 Å². The SMILES string of the molecule is CCC(C)NC(=O)c1cccc(NC(=S)NC(=O)C(C)(C)CCCOc2cc(C)ccc2C)c1. The molecule has 0 aromatic heterocycles. The van der Waals surface area contributed by atoms with E-state index in [2.05, 4.69) is 22.0 Å².